The number of nitrogens with two attached hydrogens (primary N) is 1. The van der Waals surface area contributed by atoms with E-state index in [0.717, 1.165) is 17.9 Å². The van der Waals surface area contributed by atoms with Gasteiger partial charge in [0.05, 0.1) is 6.61 Å². The van der Waals surface area contributed by atoms with Crippen molar-refractivity contribution >= 4 is 0 Å². The average Bonchev–Trinajstić information content (AvgIpc) is 2.31. The monoisotopic (exact) mass is 221 g/mol. The molecule has 0 fully saturated rings. The topological polar surface area (TPSA) is 35.2 Å². The van der Waals surface area contributed by atoms with Crippen LogP contribution in [0.1, 0.15) is 45.2 Å². The van der Waals surface area contributed by atoms with Crippen molar-refractivity contribution in [3.8, 4) is 5.75 Å². The molecule has 0 saturated heterocycles. The summed E-state index contributed by atoms with van der Waals surface area (Å²) in [7, 11) is 0. The summed E-state index contributed by atoms with van der Waals surface area (Å²) < 4.78 is 5.74. The SMILES string of the molecule is CCC(CC)COc1ccc([C@H](C)N)cc1. The predicted molar refractivity (Wildman–Crippen MR) is 68.6 cm³/mol. The van der Waals surface area contributed by atoms with Crippen LogP contribution in [0.5, 0.6) is 5.75 Å². The van der Waals surface area contributed by atoms with Crippen LogP contribution in [0.4, 0.5) is 0 Å². The molecule has 2 heteroatoms. The van der Waals surface area contributed by atoms with Crippen molar-refractivity contribution in [2.45, 2.75) is 39.7 Å². The third kappa shape index (κ3) is 3.86. The molecule has 1 rings (SSSR count). The minimum Gasteiger partial charge on any atom is -0.493 e. The quantitative estimate of drug-likeness (QED) is 0.797. The second kappa shape index (κ2) is 6.54. The maximum absolute atomic E-state index is 5.79. The molecule has 0 aliphatic carbocycles. The van der Waals surface area contributed by atoms with E-state index < -0.39 is 0 Å². The number of rotatable bonds is 6. The van der Waals surface area contributed by atoms with Crippen molar-refractivity contribution in [2.24, 2.45) is 11.7 Å². The molecular formula is C14H23NO. The minimum absolute atomic E-state index is 0.0908. The van der Waals surface area contributed by atoms with Gasteiger partial charge in [-0.15, -0.1) is 0 Å². The molecule has 1 aromatic rings. The smallest absolute Gasteiger partial charge is 0.119 e. The van der Waals surface area contributed by atoms with Gasteiger partial charge in [0.2, 0.25) is 0 Å². The largest absolute Gasteiger partial charge is 0.493 e. The third-order valence-electron chi connectivity index (χ3n) is 3.05. The van der Waals surface area contributed by atoms with Crippen LogP contribution in [0.2, 0.25) is 0 Å². The highest BCUT2D eigenvalue weighted by Gasteiger charge is 2.04. The van der Waals surface area contributed by atoms with Gasteiger partial charge in [0.1, 0.15) is 5.75 Å². The Morgan fingerprint density at radius 2 is 1.69 bits per heavy atom. The molecule has 0 aromatic heterocycles. The molecule has 1 aromatic carbocycles. The highest BCUT2D eigenvalue weighted by molar-refractivity contribution is 5.28. The molecule has 16 heavy (non-hydrogen) atoms. The van der Waals surface area contributed by atoms with E-state index >= 15 is 0 Å². The molecule has 0 aliphatic rings. The number of hydrogen-bond acceptors (Lipinski definition) is 2. The van der Waals surface area contributed by atoms with Crippen molar-refractivity contribution < 1.29 is 4.74 Å². The first kappa shape index (κ1) is 13.0. The normalized spacial score (nSPS) is 12.8. The van der Waals surface area contributed by atoms with Gasteiger partial charge in [-0.05, 0) is 30.5 Å². The standard InChI is InChI=1S/C14H23NO/c1-4-12(5-2)10-16-14-8-6-13(7-9-14)11(3)15/h6-9,11-12H,4-5,10,15H2,1-3H3/t11-/m0/s1. The van der Waals surface area contributed by atoms with Gasteiger partial charge in [0.25, 0.3) is 0 Å². The average molecular weight is 221 g/mol. The van der Waals surface area contributed by atoms with Gasteiger partial charge in [-0.25, -0.2) is 0 Å². The fourth-order valence-corrected chi connectivity index (χ4v) is 1.61. The van der Waals surface area contributed by atoms with Gasteiger partial charge in [-0.1, -0.05) is 38.8 Å². The van der Waals surface area contributed by atoms with Crippen LogP contribution in [-0.4, -0.2) is 6.61 Å². The maximum Gasteiger partial charge on any atom is 0.119 e. The van der Waals surface area contributed by atoms with Crippen molar-refractivity contribution in [1.82, 2.24) is 0 Å². The summed E-state index contributed by atoms with van der Waals surface area (Å²) in [5.74, 6) is 1.60. The fraction of sp³-hybridized carbons (Fsp3) is 0.571. The summed E-state index contributed by atoms with van der Waals surface area (Å²) in [6, 6.07) is 8.16. The van der Waals surface area contributed by atoms with Gasteiger partial charge < -0.3 is 10.5 Å². The zero-order chi connectivity index (χ0) is 12.0. The van der Waals surface area contributed by atoms with E-state index in [0.29, 0.717) is 5.92 Å². The Hall–Kier alpha value is -1.02. The first-order chi connectivity index (χ1) is 7.67. The highest BCUT2D eigenvalue weighted by Crippen LogP contribution is 2.17. The van der Waals surface area contributed by atoms with Gasteiger partial charge in [-0.3, -0.25) is 0 Å². The molecule has 0 heterocycles. The predicted octanol–water partition coefficient (Wildman–Crippen LogP) is 3.52. The molecule has 0 unspecified atom stereocenters. The second-order valence-corrected chi connectivity index (χ2v) is 4.35. The van der Waals surface area contributed by atoms with Crippen LogP contribution in [0.15, 0.2) is 24.3 Å². The Balaban J connectivity index is 2.49. The van der Waals surface area contributed by atoms with Crippen molar-refractivity contribution in [1.29, 1.82) is 0 Å². The van der Waals surface area contributed by atoms with Crippen LogP contribution < -0.4 is 10.5 Å². The van der Waals surface area contributed by atoms with Gasteiger partial charge in [0.15, 0.2) is 0 Å². The van der Waals surface area contributed by atoms with Gasteiger partial charge in [-0.2, -0.15) is 0 Å². The van der Waals surface area contributed by atoms with E-state index in [1.54, 1.807) is 0 Å². The third-order valence-corrected chi connectivity index (χ3v) is 3.05. The molecule has 0 saturated carbocycles. The Kier molecular flexibility index (Phi) is 5.33. The molecule has 0 spiro atoms. The van der Waals surface area contributed by atoms with E-state index in [1.165, 1.54) is 12.8 Å². The zero-order valence-electron chi connectivity index (χ0n) is 10.6. The molecule has 2 N–H and O–H groups in total. The lowest BCUT2D eigenvalue weighted by atomic mass is 10.1. The highest BCUT2D eigenvalue weighted by atomic mass is 16.5. The Bertz CT molecular complexity index is 288. The van der Waals surface area contributed by atoms with Crippen molar-refractivity contribution in [3.05, 3.63) is 29.8 Å². The first-order valence-corrected chi connectivity index (χ1v) is 6.15. The van der Waals surface area contributed by atoms with Crippen LogP contribution in [0, 0.1) is 5.92 Å². The van der Waals surface area contributed by atoms with Crippen LogP contribution in [-0.2, 0) is 0 Å². The van der Waals surface area contributed by atoms with Gasteiger partial charge >= 0.3 is 0 Å². The van der Waals surface area contributed by atoms with Crippen LogP contribution in [0.3, 0.4) is 0 Å². The van der Waals surface area contributed by atoms with Crippen molar-refractivity contribution in [3.63, 3.8) is 0 Å². The minimum atomic E-state index is 0.0908. The second-order valence-electron chi connectivity index (χ2n) is 4.35. The van der Waals surface area contributed by atoms with Gasteiger partial charge in [0, 0.05) is 6.04 Å². The van der Waals surface area contributed by atoms with Crippen LogP contribution >= 0.6 is 0 Å². The maximum atomic E-state index is 5.79. The first-order valence-electron chi connectivity index (χ1n) is 6.15. The van der Waals surface area contributed by atoms with Crippen molar-refractivity contribution in [2.75, 3.05) is 6.61 Å². The lowest BCUT2D eigenvalue weighted by molar-refractivity contribution is 0.240. The number of ether oxygens (including phenoxy) is 1. The zero-order valence-corrected chi connectivity index (χ0v) is 10.6. The van der Waals surface area contributed by atoms with E-state index in [-0.39, 0.29) is 6.04 Å². The summed E-state index contributed by atoms with van der Waals surface area (Å²) in [5.41, 5.74) is 6.94. The lowest BCUT2D eigenvalue weighted by Crippen LogP contribution is -2.10. The number of hydrogen-bond donors (Lipinski definition) is 1. The van der Waals surface area contributed by atoms with E-state index in [4.69, 9.17) is 10.5 Å². The molecule has 0 aliphatic heterocycles. The molecule has 0 radical (unpaired) electrons. The van der Waals surface area contributed by atoms with E-state index in [9.17, 15) is 0 Å². The summed E-state index contributed by atoms with van der Waals surface area (Å²) in [6.45, 7) is 7.21. The molecule has 1 atom stereocenters. The lowest BCUT2D eigenvalue weighted by Gasteiger charge is -2.14. The molecule has 90 valence electrons. The Labute approximate surface area is 98.8 Å². The number of benzene rings is 1. The fourth-order valence-electron chi connectivity index (χ4n) is 1.61. The molecule has 2 nitrogen and oxygen atoms in total. The summed E-state index contributed by atoms with van der Waals surface area (Å²) in [6.07, 6.45) is 2.35. The van der Waals surface area contributed by atoms with E-state index in [1.807, 2.05) is 31.2 Å². The molecule has 0 bridgehead atoms. The molecular weight excluding hydrogens is 198 g/mol. The summed E-state index contributed by atoms with van der Waals surface area (Å²) in [5, 5.41) is 0. The summed E-state index contributed by atoms with van der Waals surface area (Å²) in [4.78, 5) is 0. The van der Waals surface area contributed by atoms with Crippen LogP contribution in [0.25, 0.3) is 0 Å². The molecule has 0 amide bonds. The van der Waals surface area contributed by atoms with E-state index in [2.05, 4.69) is 13.8 Å². The Morgan fingerprint density at radius 3 is 2.12 bits per heavy atom. The Morgan fingerprint density at radius 1 is 1.12 bits per heavy atom. The summed E-state index contributed by atoms with van der Waals surface area (Å²) >= 11 is 0.